The third-order valence-corrected chi connectivity index (χ3v) is 9.09. The average molecular weight is 783 g/mol. The molecule has 0 radical (unpaired) electrons. The van der Waals surface area contributed by atoms with Crippen molar-refractivity contribution in [3.8, 4) is 33.8 Å². The van der Waals surface area contributed by atoms with E-state index >= 15 is 0 Å². The van der Waals surface area contributed by atoms with E-state index in [0.29, 0.717) is 31.8 Å². The van der Waals surface area contributed by atoms with Gasteiger partial charge in [-0.25, -0.2) is 19.6 Å². The predicted octanol–water partition coefficient (Wildman–Crippen LogP) is 6.75. The first-order chi connectivity index (χ1) is 27.4. The van der Waals surface area contributed by atoms with Gasteiger partial charge >= 0.3 is 12.2 Å². The van der Waals surface area contributed by atoms with Crippen LogP contribution in [0.25, 0.3) is 44.8 Å². The number of amides is 4. The van der Waals surface area contributed by atoms with E-state index in [4.69, 9.17) is 15.0 Å². The Balaban J connectivity index is 0.000000642. The molecule has 0 spiro atoms. The average Bonchev–Trinajstić information content (AvgIpc) is 3.98. The maximum atomic E-state index is 12.8. The molecule has 16 nitrogen and oxygen atoms in total. The number of hydrogen-bond donors (Lipinski definition) is 4. The van der Waals surface area contributed by atoms with Crippen LogP contribution in [0, 0.1) is 5.92 Å². The van der Waals surface area contributed by atoms with Crippen molar-refractivity contribution < 1.29 is 28.7 Å². The lowest BCUT2D eigenvalue weighted by Crippen LogP contribution is -2.32. The number of aromatic amines is 2. The van der Waals surface area contributed by atoms with E-state index in [1.807, 2.05) is 53.3 Å². The van der Waals surface area contributed by atoms with E-state index in [1.54, 1.807) is 12.4 Å². The number of nitrogens with zero attached hydrogens (tertiary/aromatic N) is 6. The summed E-state index contributed by atoms with van der Waals surface area (Å²) in [5, 5.41) is 0. The number of fused-ring (bicyclic) bond motifs is 1. The molecule has 0 saturated carbocycles. The van der Waals surface area contributed by atoms with E-state index in [2.05, 4.69) is 68.8 Å². The van der Waals surface area contributed by atoms with Gasteiger partial charge in [-0.1, -0.05) is 58.0 Å². The van der Waals surface area contributed by atoms with Gasteiger partial charge in [0, 0.05) is 37.1 Å². The van der Waals surface area contributed by atoms with Crippen molar-refractivity contribution >= 4 is 35.0 Å². The summed E-state index contributed by atoms with van der Waals surface area (Å²) < 4.78 is 7.78. The van der Waals surface area contributed by atoms with E-state index in [1.165, 1.54) is 14.2 Å². The molecule has 16 heteroatoms. The molecule has 57 heavy (non-hydrogen) atoms. The number of methoxy groups -OCH3 is 2. The van der Waals surface area contributed by atoms with Crippen LogP contribution in [0.3, 0.4) is 0 Å². The summed E-state index contributed by atoms with van der Waals surface area (Å²) in [6, 6.07) is 14.2. The third kappa shape index (κ3) is 12.3. The number of carbonyl (C=O) groups excluding carboxylic acids is 4. The first-order valence-corrected chi connectivity index (χ1v) is 19.1. The lowest BCUT2D eigenvalue weighted by Gasteiger charge is -2.23. The number of primary amides is 2. The number of carbonyl (C=O) groups is 4. The maximum Gasteiger partial charge on any atom is 0.404 e. The van der Waals surface area contributed by atoms with Crippen molar-refractivity contribution in [2.75, 3.05) is 27.3 Å². The Kier molecular flexibility index (Phi) is 16.1. The SMILES string of the molecule is CCCC(=O)N1CCC[C@H]1c1ncc(-c2ccc(-c3cnc(-c4ccc5nc(CN(CCC)C(=O)CC(C)C)[nH]c5c4)cn3)cc2)[nH]1.COC(N)=O.COC(N)=O. The summed E-state index contributed by atoms with van der Waals surface area (Å²) in [5.41, 5.74) is 16.0. The van der Waals surface area contributed by atoms with Crippen LogP contribution in [0.2, 0.25) is 0 Å². The van der Waals surface area contributed by atoms with Crippen LogP contribution in [0.1, 0.15) is 83.9 Å². The Morgan fingerprint density at radius 1 is 0.860 bits per heavy atom. The van der Waals surface area contributed by atoms with Gasteiger partial charge in [-0.05, 0) is 49.3 Å². The highest BCUT2D eigenvalue weighted by atomic mass is 16.5. The van der Waals surface area contributed by atoms with Gasteiger partial charge in [0.25, 0.3) is 0 Å². The first-order valence-electron chi connectivity index (χ1n) is 19.1. The van der Waals surface area contributed by atoms with Crippen LogP contribution in [-0.4, -0.2) is 91.0 Å². The van der Waals surface area contributed by atoms with Gasteiger partial charge in [0.15, 0.2) is 0 Å². The summed E-state index contributed by atoms with van der Waals surface area (Å²) in [6.45, 7) is 10.2. The third-order valence-electron chi connectivity index (χ3n) is 9.09. The van der Waals surface area contributed by atoms with Crippen molar-refractivity contribution in [2.24, 2.45) is 17.4 Å². The highest BCUT2D eigenvalue weighted by Crippen LogP contribution is 2.33. The zero-order valence-electron chi connectivity index (χ0n) is 33.6. The van der Waals surface area contributed by atoms with Crippen molar-refractivity contribution in [2.45, 2.75) is 78.8 Å². The molecule has 0 bridgehead atoms. The van der Waals surface area contributed by atoms with Crippen molar-refractivity contribution in [3.63, 3.8) is 0 Å². The number of nitrogens with two attached hydrogens (primary N) is 2. The molecule has 3 aromatic heterocycles. The lowest BCUT2D eigenvalue weighted by molar-refractivity contribution is -0.133. The molecular formula is C41H54N10O6. The fraction of sp³-hybridized carbons (Fsp3) is 0.415. The Labute approximate surface area is 332 Å². The molecule has 0 unspecified atom stereocenters. The molecule has 0 aliphatic carbocycles. The summed E-state index contributed by atoms with van der Waals surface area (Å²) in [7, 11) is 2.45. The molecular weight excluding hydrogens is 729 g/mol. The molecule has 1 fully saturated rings. The van der Waals surface area contributed by atoms with Crippen LogP contribution in [0.5, 0.6) is 0 Å². The number of ether oxygens (including phenoxy) is 2. The van der Waals surface area contributed by atoms with Gasteiger partial charge in [0.05, 0.1) is 73.5 Å². The van der Waals surface area contributed by atoms with Crippen LogP contribution in [0.4, 0.5) is 9.59 Å². The van der Waals surface area contributed by atoms with E-state index in [9.17, 15) is 19.2 Å². The summed E-state index contributed by atoms with van der Waals surface area (Å²) in [5.74, 6) is 2.32. The van der Waals surface area contributed by atoms with Gasteiger partial charge in [0.2, 0.25) is 11.8 Å². The van der Waals surface area contributed by atoms with Gasteiger partial charge in [0.1, 0.15) is 11.6 Å². The molecule has 6 N–H and O–H groups in total. The molecule has 5 aromatic rings. The van der Waals surface area contributed by atoms with E-state index in [0.717, 1.165) is 88.7 Å². The fourth-order valence-electron chi connectivity index (χ4n) is 6.32. The second-order valence-electron chi connectivity index (χ2n) is 13.9. The quantitative estimate of drug-likeness (QED) is 0.104. The monoisotopic (exact) mass is 782 g/mol. The number of likely N-dealkylation sites (tertiary alicyclic amines) is 1. The van der Waals surface area contributed by atoms with Crippen LogP contribution in [-0.2, 0) is 25.6 Å². The van der Waals surface area contributed by atoms with E-state index < -0.39 is 12.2 Å². The Morgan fingerprint density at radius 2 is 1.47 bits per heavy atom. The van der Waals surface area contributed by atoms with Crippen molar-refractivity contribution in [1.82, 2.24) is 39.7 Å². The number of nitrogens with one attached hydrogen (secondary N) is 2. The fourth-order valence-corrected chi connectivity index (χ4v) is 6.32. The molecule has 2 aromatic carbocycles. The minimum atomic E-state index is -0.745. The maximum absolute atomic E-state index is 12.8. The Morgan fingerprint density at radius 3 is 2.05 bits per heavy atom. The molecule has 6 rings (SSSR count). The number of benzene rings is 2. The number of hydrogen-bond acceptors (Lipinski definition) is 10. The van der Waals surface area contributed by atoms with Crippen molar-refractivity contribution in [3.05, 3.63) is 72.7 Å². The minimum Gasteiger partial charge on any atom is -0.453 e. The second kappa shape index (κ2) is 21.1. The highest BCUT2D eigenvalue weighted by Gasteiger charge is 2.31. The molecule has 1 saturated heterocycles. The lowest BCUT2D eigenvalue weighted by atomic mass is 10.1. The first kappa shape index (κ1) is 43.4. The molecule has 1 atom stereocenters. The van der Waals surface area contributed by atoms with Gasteiger partial charge in [-0.15, -0.1) is 0 Å². The normalized spacial score (nSPS) is 13.3. The Bertz CT molecular complexity index is 2060. The standard InChI is InChI=1S/C37H44N8O2.2C2H5NO2/c1-5-8-35(46)45-17-7-9-33(45)37-40-22-32(43-37)26-12-10-25(11-13-26)30-20-39-31(21-38-30)27-14-15-28-29(19-27)42-34(41-28)23-44(16-6-2)36(47)18-24(3)4;2*1-5-2(3)4/h10-15,19-22,24,33H,5-9,16-18,23H2,1-4H3,(H,40,43)(H,41,42);2*1H3,(H2,3,4)/t33-;;/m0../s1. The number of H-pyrrole nitrogens is 2. The molecule has 1 aliphatic heterocycles. The molecule has 304 valence electrons. The zero-order valence-corrected chi connectivity index (χ0v) is 33.6. The number of rotatable bonds is 12. The summed E-state index contributed by atoms with van der Waals surface area (Å²) in [4.78, 5) is 73.7. The topological polar surface area (TPSA) is 228 Å². The Hall–Kier alpha value is -6.32. The molecule has 4 amide bonds. The summed E-state index contributed by atoms with van der Waals surface area (Å²) in [6.07, 6.45) is 8.77. The zero-order chi connectivity index (χ0) is 41.5. The van der Waals surface area contributed by atoms with Crippen LogP contribution < -0.4 is 11.5 Å². The number of aromatic nitrogens is 6. The number of imidazole rings is 2. The van der Waals surface area contributed by atoms with Gasteiger partial charge in [-0.3, -0.25) is 19.6 Å². The molecule has 4 heterocycles. The predicted molar refractivity (Wildman–Crippen MR) is 217 cm³/mol. The minimum absolute atomic E-state index is 0.0216. The van der Waals surface area contributed by atoms with Gasteiger partial charge in [-0.2, -0.15) is 0 Å². The van der Waals surface area contributed by atoms with Crippen molar-refractivity contribution in [1.29, 1.82) is 0 Å². The second-order valence-corrected chi connectivity index (χ2v) is 13.9. The highest BCUT2D eigenvalue weighted by molar-refractivity contribution is 5.82. The molecule has 1 aliphatic rings. The van der Waals surface area contributed by atoms with Crippen LogP contribution >= 0.6 is 0 Å². The van der Waals surface area contributed by atoms with Crippen LogP contribution in [0.15, 0.2) is 61.1 Å². The largest absolute Gasteiger partial charge is 0.453 e. The van der Waals surface area contributed by atoms with E-state index in [-0.39, 0.29) is 17.9 Å². The summed E-state index contributed by atoms with van der Waals surface area (Å²) >= 11 is 0. The smallest absolute Gasteiger partial charge is 0.404 e. The van der Waals surface area contributed by atoms with Gasteiger partial charge < -0.3 is 40.7 Å².